The molecule has 1 aliphatic rings. The van der Waals surface area contributed by atoms with Crippen molar-refractivity contribution in [2.24, 2.45) is 5.92 Å². The van der Waals surface area contributed by atoms with E-state index in [-0.39, 0.29) is 29.2 Å². The molecular formula is C16H19F2N3O2. The Bertz CT molecular complexity index is 721. The van der Waals surface area contributed by atoms with Crippen LogP contribution in [0.3, 0.4) is 0 Å². The molecule has 2 aromatic rings. The molecular weight excluding hydrogens is 304 g/mol. The third-order valence-corrected chi connectivity index (χ3v) is 4.57. The first-order chi connectivity index (χ1) is 11.0. The van der Waals surface area contributed by atoms with Gasteiger partial charge in [-0.15, -0.1) is 0 Å². The van der Waals surface area contributed by atoms with Crippen molar-refractivity contribution >= 4 is 22.6 Å². The van der Waals surface area contributed by atoms with Gasteiger partial charge in [0.2, 0.25) is 0 Å². The maximum Gasteiger partial charge on any atom is 0.308 e. The third-order valence-electron chi connectivity index (χ3n) is 4.57. The van der Waals surface area contributed by atoms with Gasteiger partial charge in [0.25, 0.3) is 6.43 Å². The van der Waals surface area contributed by atoms with Crippen LogP contribution < -0.4 is 5.73 Å². The lowest BCUT2D eigenvalue weighted by molar-refractivity contribution is -0.146. The summed E-state index contributed by atoms with van der Waals surface area (Å²) in [6, 6.07) is 3.06. The maximum absolute atomic E-state index is 12.9. The number of halogens is 2. The molecule has 1 fully saturated rings. The van der Waals surface area contributed by atoms with Crippen molar-refractivity contribution in [3.05, 3.63) is 23.9 Å². The van der Waals surface area contributed by atoms with E-state index in [4.69, 9.17) is 10.5 Å². The summed E-state index contributed by atoms with van der Waals surface area (Å²) >= 11 is 0. The smallest absolute Gasteiger partial charge is 0.308 e. The van der Waals surface area contributed by atoms with Gasteiger partial charge >= 0.3 is 5.97 Å². The average molecular weight is 323 g/mol. The van der Waals surface area contributed by atoms with Crippen LogP contribution in [-0.2, 0) is 9.53 Å². The molecule has 7 heteroatoms. The number of rotatable bonds is 3. The fourth-order valence-corrected chi connectivity index (χ4v) is 3.24. The highest BCUT2D eigenvalue weighted by Gasteiger charge is 2.28. The number of esters is 1. The lowest BCUT2D eigenvalue weighted by Crippen LogP contribution is -2.24. The standard InChI is InChI=1S/C16H19F2N3O2/c1-23-16(22)9-2-4-11(5-3-9)21-8-10-6-13(19)12(15(17)18)7-14(10)20-21/h6-9,11,15H,2-5,19H2,1H3/t9-,11-. The molecule has 1 aromatic carbocycles. The van der Waals surface area contributed by atoms with E-state index in [0.717, 1.165) is 31.1 Å². The molecule has 0 radical (unpaired) electrons. The van der Waals surface area contributed by atoms with Gasteiger partial charge in [-0.3, -0.25) is 9.48 Å². The molecule has 5 nitrogen and oxygen atoms in total. The second-order valence-electron chi connectivity index (χ2n) is 5.98. The molecule has 1 heterocycles. The first-order valence-corrected chi connectivity index (χ1v) is 7.64. The van der Waals surface area contributed by atoms with Crippen molar-refractivity contribution in [1.82, 2.24) is 9.78 Å². The van der Waals surface area contributed by atoms with Gasteiger partial charge in [-0.05, 0) is 37.8 Å². The summed E-state index contributed by atoms with van der Waals surface area (Å²) in [7, 11) is 1.40. The molecule has 23 heavy (non-hydrogen) atoms. The van der Waals surface area contributed by atoms with Crippen molar-refractivity contribution in [1.29, 1.82) is 0 Å². The number of benzene rings is 1. The predicted octanol–water partition coefficient (Wildman–Crippen LogP) is 3.46. The Morgan fingerprint density at radius 3 is 2.65 bits per heavy atom. The number of fused-ring (bicyclic) bond motifs is 1. The van der Waals surface area contributed by atoms with Crippen molar-refractivity contribution in [3.8, 4) is 0 Å². The molecule has 1 aliphatic carbocycles. The Morgan fingerprint density at radius 2 is 2.04 bits per heavy atom. The van der Waals surface area contributed by atoms with E-state index >= 15 is 0 Å². The van der Waals surface area contributed by atoms with Crippen LogP contribution in [0.2, 0.25) is 0 Å². The van der Waals surface area contributed by atoms with E-state index in [0.29, 0.717) is 5.52 Å². The van der Waals surface area contributed by atoms with Crippen molar-refractivity contribution in [3.63, 3.8) is 0 Å². The van der Waals surface area contributed by atoms with Gasteiger partial charge < -0.3 is 10.5 Å². The Morgan fingerprint density at radius 1 is 1.35 bits per heavy atom. The number of ether oxygens (including phenoxy) is 1. The van der Waals surface area contributed by atoms with Gasteiger partial charge in [-0.2, -0.15) is 5.10 Å². The van der Waals surface area contributed by atoms with Crippen LogP contribution in [-0.4, -0.2) is 22.9 Å². The van der Waals surface area contributed by atoms with Gasteiger partial charge in [-0.1, -0.05) is 0 Å². The molecule has 124 valence electrons. The highest BCUT2D eigenvalue weighted by molar-refractivity contribution is 5.83. The van der Waals surface area contributed by atoms with Gasteiger partial charge in [0.1, 0.15) is 0 Å². The zero-order valence-corrected chi connectivity index (χ0v) is 12.8. The first-order valence-electron chi connectivity index (χ1n) is 7.64. The Hall–Kier alpha value is -2.18. The largest absolute Gasteiger partial charge is 0.469 e. The normalized spacial score (nSPS) is 21.7. The van der Waals surface area contributed by atoms with E-state index in [1.165, 1.54) is 13.2 Å². The molecule has 0 bridgehead atoms. The average Bonchev–Trinajstić information content (AvgIpc) is 2.96. The quantitative estimate of drug-likeness (QED) is 0.693. The molecule has 0 amide bonds. The van der Waals surface area contributed by atoms with Gasteiger partial charge in [-0.25, -0.2) is 8.78 Å². The van der Waals surface area contributed by atoms with E-state index in [1.807, 2.05) is 10.9 Å². The minimum Gasteiger partial charge on any atom is -0.469 e. The minimum atomic E-state index is -2.61. The Balaban J connectivity index is 1.80. The maximum atomic E-state index is 12.9. The number of alkyl halides is 2. The fourth-order valence-electron chi connectivity index (χ4n) is 3.24. The fraction of sp³-hybridized carbons (Fsp3) is 0.500. The predicted molar refractivity (Wildman–Crippen MR) is 82.1 cm³/mol. The lowest BCUT2D eigenvalue weighted by atomic mass is 9.86. The molecule has 0 atom stereocenters. The zero-order chi connectivity index (χ0) is 16.6. The van der Waals surface area contributed by atoms with Crippen LogP contribution in [0, 0.1) is 5.92 Å². The number of nitrogen functional groups attached to an aromatic ring is 1. The number of carbonyl (C=O) groups is 1. The van der Waals surface area contributed by atoms with Crippen LogP contribution in [0.5, 0.6) is 0 Å². The summed E-state index contributed by atoms with van der Waals surface area (Å²) in [6.07, 6.45) is 2.34. The summed E-state index contributed by atoms with van der Waals surface area (Å²) in [5.74, 6) is -0.217. The van der Waals surface area contributed by atoms with Crippen molar-refractivity contribution in [2.45, 2.75) is 38.2 Å². The second kappa shape index (κ2) is 6.14. The number of hydrogen-bond acceptors (Lipinski definition) is 4. The summed E-state index contributed by atoms with van der Waals surface area (Å²) in [4.78, 5) is 11.6. The van der Waals surface area contributed by atoms with Gasteiger partial charge in [0, 0.05) is 22.8 Å². The molecule has 3 rings (SSSR count). The van der Waals surface area contributed by atoms with E-state index in [1.54, 1.807) is 6.07 Å². The molecule has 0 spiro atoms. The number of hydrogen-bond donors (Lipinski definition) is 1. The number of nitrogens with two attached hydrogens (primary N) is 1. The number of carbonyl (C=O) groups excluding carboxylic acids is 1. The highest BCUT2D eigenvalue weighted by Crippen LogP contribution is 2.34. The van der Waals surface area contributed by atoms with Crippen molar-refractivity contribution in [2.75, 3.05) is 12.8 Å². The Kier molecular flexibility index (Phi) is 4.19. The summed E-state index contributed by atoms with van der Waals surface area (Å²) in [6.45, 7) is 0. The molecule has 1 saturated carbocycles. The number of anilines is 1. The van der Waals surface area contributed by atoms with Crippen LogP contribution in [0.1, 0.15) is 43.7 Å². The summed E-state index contributed by atoms with van der Waals surface area (Å²) in [5, 5.41) is 5.17. The minimum absolute atomic E-state index is 0.0534. The lowest BCUT2D eigenvalue weighted by Gasteiger charge is -2.26. The molecule has 1 aromatic heterocycles. The number of aromatic nitrogens is 2. The van der Waals surface area contributed by atoms with Gasteiger partial charge in [0.05, 0.1) is 24.6 Å². The monoisotopic (exact) mass is 323 g/mol. The summed E-state index contributed by atoms with van der Waals surface area (Å²) < 4.78 is 32.4. The highest BCUT2D eigenvalue weighted by atomic mass is 19.3. The second-order valence-corrected chi connectivity index (χ2v) is 5.98. The third kappa shape index (κ3) is 3.00. The van der Waals surface area contributed by atoms with Crippen LogP contribution in [0.15, 0.2) is 18.3 Å². The molecule has 0 saturated heterocycles. The zero-order valence-electron chi connectivity index (χ0n) is 12.8. The molecule has 0 aliphatic heterocycles. The number of nitrogens with zero attached hydrogens (tertiary/aromatic N) is 2. The van der Waals surface area contributed by atoms with Crippen LogP contribution >= 0.6 is 0 Å². The summed E-state index contributed by atoms with van der Waals surface area (Å²) in [5.41, 5.74) is 6.09. The number of methoxy groups -OCH3 is 1. The topological polar surface area (TPSA) is 70.1 Å². The first kappa shape index (κ1) is 15.7. The van der Waals surface area contributed by atoms with Crippen molar-refractivity contribution < 1.29 is 18.3 Å². The van der Waals surface area contributed by atoms with E-state index < -0.39 is 6.43 Å². The van der Waals surface area contributed by atoms with E-state index in [9.17, 15) is 13.6 Å². The molecule has 0 unspecified atom stereocenters. The Labute approximate surface area is 132 Å². The van der Waals surface area contributed by atoms with Crippen LogP contribution in [0.25, 0.3) is 10.9 Å². The SMILES string of the molecule is COC(=O)[C@H]1CC[C@H](n2cc3cc(N)c(C(F)F)cc3n2)CC1. The molecule has 2 N–H and O–H groups in total. The van der Waals surface area contributed by atoms with E-state index in [2.05, 4.69) is 5.10 Å². The van der Waals surface area contributed by atoms with Gasteiger partial charge in [0.15, 0.2) is 0 Å². The van der Waals surface area contributed by atoms with Crippen LogP contribution in [0.4, 0.5) is 14.5 Å².